The van der Waals surface area contributed by atoms with Crippen molar-refractivity contribution in [2.45, 2.75) is 25.7 Å². The summed E-state index contributed by atoms with van der Waals surface area (Å²) in [6.45, 7) is 1.63. The number of carbonyl (C=O) groups excluding carboxylic acids is 3. The summed E-state index contributed by atoms with van der Waals surface area (Å²) in [4.78, 5) is 45.1. The van der Waals surface area contributed by atoms with E-state index in [-0.39, 0.29) is 30.1 Å². The Kier molecular flexibility index (Phi) is 9.22. The lowest BCUT2D eigenvalue weighted by atomic mass is 9.92. The van der Waals surface area contributed by atoms with Crippen molar-refractivity contribution in [2.24, 2.45) is 16.5 Å². The highest BCUT2D eigenvalue weighted by Crippen LogP contribution is 2.36. The van der Waals surface area contributed by atoms with E-state index < -0.39 is 0 Å². The minimum Gasteiger partial charge on any atom is -0.384 e. The molecular formula is C33H33ClN6O3. The van der Waals surface area contributed by atoms with Crippen LogP contribution in [0.5, 0.6) is 0 Å². The molecule has 1 aliphatic heterocycles. The van der Waals surface area contributed by atoms with E-state index in [1.807, 2.05) is 48.5 Å². The minimum atomic E-state index is -0.385. The second kappa shape index (κ2) is 13.4. The van der Waals surface area contributed by atoms with Gasteiger partial charge in [0.1, 0.15) is 0 Å². The Morgan fingerprint density at radius 1 is 0.837 bits per heavy atom. The predicted molar refractivity (Wildman–Crippen MR) is 172 cm³/mol. The van der Waals surface area contributed by atoms with Crippen LogP contribution in [0.25, 0.3) is 10.8 Å². The molecule has 3 amide bonds. The molecule has 0 saturated carbocycles. The van der Waals surface area contributed by atoms with Crippen molar-refractivity contribution >= 4 is 57.4 Å². The molecule has 10 heteroatoms. The number of rotatable bonds is 12. The fraction of sp³-hybridized carbons (Fsp3) is 0.212. The summed E-state index contributed by atoms with van der Waals surface area (Å²) in [6.07, 6.45) is 2.15. The average Bonchev–Trinajstić information content (AvgIpc) is 2.99. The molecule has 0 atom stereocenters. The van der Waals surface area contributed by atoms with Crippen LogP contribution in [0.2, 0.25) is 5.02 Å². The number of hydrogen-bond acceptors (Lipinski definition) is 5. The van der Waals surface area contributed by atoms with Gasteiger partial charge < -0.3 is 22.1 Å². The Balaban J connectivity index is 1.26. The predicted octanol–water partition coefficient (Wildman–Crippen LogP) is 4.66. The number of imide groups is 1. The highest BCUT2D eigenvalue weighted by Gasteiger charge is 2.34. The number of nitrogens with two attached hydrogens (primary N) is 2. The monoisotopic (exact) mass is 596 g/mol. The number of nitrogens with zero attached hydrogens (tertiary/aromatic N) is 2. The summed E-state index contributed by atoms with van der Waals surface area (Å²) in [5, 5.41) is 8.41. The molecule has 0 aliphatic carbocycles. The number of aliphatic imine (C=N–C) groups is 1. The van der Waals surface area contributed by atoms with Crippen LogP contribution in [0.3, 0.4) is 0 Å². The van der Waals surface area contributed by atoms with E-state index in [1.54, 1.807) is 30.3 Å². The van der Waals surface area contributed by atoms with Gasteiger partial charge in [0.25, 0.3) is 11.8 Å². The van der Waals surface area contributed by atoms with Crippen molar-refractivity contribution in [2.75, 3.05) is 29.9 Å². The van der Waals surface area contributed by atoms with Gasteiger partial charge in [-0.2, -0.15) is 0 Å². The molecule has 0 radical (unpaired) electrons. The lowest BCUT2D eigenvalue weighted by Crippen LogP contribution is -2.40. The van der Waals surface area contributed by atoms with E-state index in [1.165, 1.54) is 4.90 Å². The number of guanidine groups is 1. The second-order valence-electron chi connectivity index (χ2n) is 10.3. The van der Waals surface area contributed by atoms with E-state index in [4.69, 9.17) is 23.1 Å². The maximum absolute atomic E-state index is 13.7. The topological polar surface area (TPSA) is 143 Å². The van der Waals surface area contributed by atoms with Crippen molar-refractivity contribution in [1.82, 2.24) is 5.32 Å². The van der Waals surface area contributed by atoms with Crippen LogP contribution in [-0.2, 0) is 17.6 Å². The fourth-order valence-electron chi connectivity index (χ4n) is 5.23. The SMILES string of the molecule is NC(N)=NCCCNc1ccc2c3c(cccc13)C(=O)N(c1cccc(CCC(=O)NCCc3cccc(Cl)c3)c1)C2=O. The number of carbonyl (C=O) groups is 3. The summed E-state index contributed by atoms with van der Waals surface area (Å²) < 4.78 is 0. The fourth-order valence-corrected chi connectivity index (χ4v) is 5.44. The summed E-state index contributed by atoms with van der Waals surface area (Å²) in [6, 6.07) is 23.9. The molecule has 9 nitrogen and oxygen atoms in total. The van der Waals surface area contributed by atoms with Crippen LogP contribution in [0.4, 0.5) is 11.4 Å². The van der Waals surface area contributed by atoms with Gasteiger partial charge in [0, 0.05) is 58.7 Å². The van der Waals surface area contributed by atoms with E-state index >= 15 is 0 Å². The van der Waals surface area contributed by atoms with E-state index in [0.717, 1.165) is 22.2 Å². The van der Waals surface area contributed by atoms with Gasteiger partial charge in [0.15, 0.2) is 5.96 Å². The maximum Gasteiger partial charge on any atom is 0.265 e. The van der Waals surface area contributed by atoms with Crippen molar-refractivity contribution in [3.8, 4) is 0 Å². The van der Waals surface area contributed by atoms with Gasteiger partial charge in [-0.05, 0) is 72.9 Å². The molecule has 43 heavy (non-hydrogen) atoms. The molecule has 6 N–H and O–H groups in total. The number of nitrogens with one attached hydrogen (secondary N) is 2. The number of aryl methyl sites for hydroxylation is 1. The first-order chi connectivity index (χ1) is 20.8. The third kappa shape index (κ3) is 6.95. The summed E-state index contributed by atoms with van der Waals surface area (Å²) in [5.41, 5.74) is 14.9. The molecule has 4 aromatic rings. The molecule has 0 spiro atoms. The number of anilines is 2. The van der Waals surface area contributed by atoms with Crippen molar-refractivity contribution < 1.29 is 14.4 Å². The van der Waals surface area contributed by atoms with Gasteiger partial charge in [-0.1, -0.05) is 48.0 Å². The van der Waals surface area contributed by atoms with Crippen molar-refractivity contribution in [1.29, 1.82) is 0 Å². The third-order valence-electron chi connectivity index (χ3n) is 7.29. The Hall–Kier alpha value is -4.89. The number of hydrogen-bond donors (Lipinski definition) is 4. The zero-order valence-electron chi connectivity index (χ0n) is 23.6. The first-order valence-electron chi connectivity index (χ1n) is 14.2. The van der Waals surface area contributed by atoms with Crippen molar-refractivity contribution in [3.63, 3.8) is 0 Å². The molecule has 4 aromatic carbocycles. The Morgan fingerprint density at radius 3 is 2.33 bits per heavy atom. The average molecular weight is 597 g/mol. The zero-order chi connectivity index (χ0) is 30.3. The smallest absolute Gasteiger partial charge is 0.265 e. The number of benzene rings is 4. The number of amides is 3. The van der Waals surface area contributed by atoms with Gasteiger partial charge in [-0.25, -0.2) is 4.90 Å². The van der Waals surface area contributed by atoms with Gasteiger partial charge in [0.05, 0.1) is 5.69 Å². The second-order valence-corrected chi connectivity index (χ2v) is 10.8. The largest absolute Gasteiger partial charge is 0.384 e. The van der Waals surface area contributed by atoms with Gasteiger partial charge in [-0.3, -0.25) is 19.4 Å². The van der Waals surface area contributed by atoms with Crippen molar-refractivity contribution in [3.05, 3.63) is 106 Å². The molecule has 220 valence electrons. The van der Waals surface area contributed by atoms with E-state index in [0.29, 0.717) is 66.1 Å². The molecule has 0 unspecified atom stereocenters. The maximum atomic E-state index is 13.7. The first-order valence-corrected chi connectivity index (χ1v) is 14.5. The first kappa shape index (κ1) is 29.6. The highest BCUT2D eigenvalue weighted by atomic mass is 35.5. The van der Waals surface area contributed by atoms with Crippen LogP contribution < -0.4 is 27.0 Å². The zero-order valence-corrected chi connectivity index (χ0v) is 24.4. The molecule has 1 heterocycles. The normalized spacial score (nSPS) is 12.3. The quantitative estimate of drug-likeness (QED) is 0.0811. The van der Waals surface area contributed by atoms with Crippen LogP contribution in [0.1, 0.15) is 44.7 Å². The minimum absolute atomic E-state index is 0.0557. The lowest BCUT2D eigenvalue weighted by molar-refractivity contribution is -0.121. The molecule has 5 rings (SSSR count). The Bertz CT molecular complexity index is 1690. The van der Waals surface area contributed by atoms with Crippen LogP contribution in [0, 0.1) is 0 Å². The standard InChI is InChI=1S/C33H33ClN6O3/c34-23-7-1-5-22(19-23)15-18-38-29(41)14-11-21-6-2-8-24(20-21)40-31(42)26-10-3-9-25-28(37-16-4-17-39-33(35)36)13-12-27(30(25)26)32(40)43/h1-3,5-10,12-13,19-20,37H,4,11,14-18H2,(H,38,41)(H4,35,36,39). The van der Waals surface area contributed by atoms with Crippen LogP contribution in [-0.4, -0.2) is 43.3 Å². The lowest BCUT2D eigenvalue weighted by Gasteiger charge is -2.28. The van der Waals surface area contributed by atoms with Crippen LogP contribution >= 0.6 is 11.6 Å². The Morgan fingerprint density at radius 2 is 1.56 bits per heavy atom. The third-order valence-corrected chi connectivity index (χ3v) is 7.52. The van der Waals surface area contributed by atoms with Crippen LogP contribution in [0.15, 0.2) is 83.9 Å². The van der Waals surface area contributed by atoms with Gasteiger partial charge >= 0.3 is 0 Å². The summed E-state index contributed by atoms with van der Waals surface area (Å²) in [7, 11) is 0. The molecule has 0 fully saturated rings. The molecule has 1 aliphatic rings. The number of halogens is 1. The summed E-state index contributed by atoms with van der Waals surface area (Å²) >= 11 is 6.03. The molecular weight excluding hydrogens is 564 g/mol. The van der Waals surface area contributed by atoms with Gasteiger partial charge in [0.2, 0.25) is 5.91 Å². The summed E-state index contributed by atoms with van der Waals surface area (Å²) in [5.74, 6) is -0.785. The molecule has 0 saturated heterocycles. The molecule has 0 bridgehead atoms. The molecule has 0 aromatic heterocycles. The Labute approximate surface area is 254 Å². The van der Waals surface area contributed by atoms with E-state index in [2.05, 4.69) is 15.6 Å². The highest BCUT2D eigenvalue weighted by molar-refractivity contribution is 6.36. The van der Waals surface area contributed by atoms with E-state index in [9.17, 15) is 14.4 Å². The van der Waals surface area contributed by atoms with Gasteiger partial charge in [-0.15, -0.1) is 0 Å².